The van der Waals surface area contributed by atoms with Gasteiger partial charge in [-0.05, 0) is 37.4 Å². The molecule has 0 N–H and O–H groups in total. The Morgan fingerprint density at radius 2 is 1.91 bits per heavy atom. The van der Waals surface area contributed by atoms with Gasteiger partial charge in [-0.25, -0.2) is 8.42 Å². The predicted molar refractivity (Wildman–Crippen MR) is 90.1 cm³/mol. The van der Waals surface area contributed by atoms with Gasteiger partial charge in [0.1, 0.15) is 16.7 Å². The molecule has 0 radical (unpaired) electrons. The van der Waals surface area contributed by atoms with Gasteiger partial charge in [-0.15, -0.1) is 0 Å². The van der Waals surface area contributed by atoms with Crippen molar-refractivity contribution in [3.05, 3.63) is 24.3 Å². The molecule has 0 aliphatic carbocycles. The predicted octanol–water partition coefficient (Wildman–Crippen LogP) is 2.19. The van der Waals surface area contributed by atoms with Gasteiger partial charge >= 0.3 is 0 Å². The molecule has 0 aromatic heterocycles. The monoisotopic (exact) mass is 338 g/mol. The molecule has 0 amide bonds. The number of para-hydroxylation sites is 1. The Labute approximate surface area is 139 Å². The van der Waals surface area contributed by atoms with E-state index in [1.807, 2.05) is 6.07 Å². The fraction of sp³-hybridized carbons (Fsp3) is 0.647. The molecule has 1 aromatic rings. The molecule has 5 nitrogen and oxygen atoms in total. The number of benzene rings is 1. The third kappa shape index (κ3) is 3.25. The van der Waals surface area contributed by atoms with Gasteiger partial charge in [0.05, 0.1) is 6.04 Å². The molecular formula is C17H26N2O3S. The maximum absolute atomic E-state index is 12.9. The average molecular weight is 338 g/mol. The summed E-state index contributed by atoms with van der Waals surface area (Å²) in [6, 6.07) is 6.87. The van der Waals surface area contributed by atoms with Gasteiger partial charge in [-0.3, -0.25) is 0 Å². The summed E-state index contributed by atoms with van der Waals surface area (Å²) in [6.07, 6.45) is 1.57. The van der Waals surface area contributed by atoms with Crippen molar-refractivity contribution in [1.29, 1.82) is 0 Å². The van der Waals surface area contributed by atoms with Crippen LogP contribution in [0.4, 0.5) is 0 Å². The van der Waals surface area contributed by atoms with Crippen LogP contribution in [0.15, 0.2) is 29.2 Å². The molecule has 1 fully saturated rings. The van der Waals surface area contributed by atoms with Crippen molar-refractivity contribution in [1.82, 2.24) is 9.21 Å². The summed E-state index contributed by atoms with van der Waals surface area (Å²) in [5.41, 5.74) is 0. The first-order chi connectivity index (χ1) is 10.9. The number of hydrogen-bond donors (Lipinski definition) is 0. The number of likely N-dealkylation sites (tertiary alicyclic amines) is 1. The second-order valence-electron chi connectivity index (χ2n) is 6.96. The van der Waals surface area contributed by atoms with Crippen LogP contribution in [-0.4, -0.2) is 56.5 Å². The van der Waals surface area contributed by atoms with Crippen molar-refractivity contribution < 1.29 is 13.2 Å². The first-order valence-corrected chi connectivity index (χ1v) is 9.79. The van der Waals surface area contributed by atoms with Crippen LogP contribution in [-0.2, 0) is 10.0 Å². The second kappa shape index (κ2) is 6.42. The highest BCUT2D eigenvalue weighted by atomic mass is 32.2. The molecule has 3 rings (SSSR count). The van der Waals surface area contributed by atoms with Crippen molar-refractivity contribution in [2.24, 2.45) is 5.92 Å². The molecule has 0 spiro atoms. The van der Waals surface area contributed by atoms with E-state index >= 15 is 0 Å². The topological polar surface area (TPSA) is 49.9 Å². The van der Waals surface area contributed by atoms with Crippen LogP contribution in [0.2, 0.25) is 0 Å². The molecule has 0 bridgehead atoms. The van der Waals surface area contributed by atoms with Crippen molar-refractivity contribution in [3.8, 4) is 5.75 Å². The summed E-state index contributed by atoms with van der Waals surface area (Å²) >= 11 is 0. The highest BCUT2D eigenvalue weighted by Crippen LogP contribution is 2.35. The molecule has 2 atom stereocenters. The standard InChI is InChI=1S/C17H26N2O3S/c1-13(2)12-19-10-8-14-15(9-11-19)22-16-6-4-5-7-17(16)23(20,21)18(14)3/h4-7,13-15H,8-12H2,1-3H3/t14-,15-/m1/s1. The lowest BCUT2D eigenvalue weighted by Crippen LogP contribution is -2.44. The van der Waals surface area contributed by atoms with E-state index < -0.39 is 10.0 Å². The third-order valence-electron chi connectivity index (χ3n) is 4.78. The largest absolute Gasteiger partial charge is 0.487 e. The molecule has 2 heterocycles. The molecule has 23 heavy (non-hydrogen) atoms. The Kier molecular flexibility index (Phi) is 4.67. The molecule has 1 aromatic carbocycles. The van der Waals surface area contributed by atoms with Crippen molar-refractivity contribution in [2.45, 2.75) is 43.7 Å². The van der Waals surface area contributed by atoms with Crippen LogP contribution in [0.3, 0.4) is 0 Å². The van der Waals surface area contributed by atoms with Gasteiger partial charge in [0.15, 0.2) is 0 Å². The highest BCUT2D eigenvalue weighted by molar-refractivity contribution is 7.89. The van der Waals surface area contributed by atoms with E-state index in [0.717, 1.165) is 32.5 Å². The van der Waals surface area contributed by atoms with Gasteiger partial charge in [0.25, 0.3) is 0 Å². The Hall–Kier alpha value is -1.11. The SMILES string of the molecule is CC(C)CN1CC[C@@H]2[C@@H](CC1)Oc1ccccc1S(=O)(=O)N2C. The molecule has 128 valence electrons. The lowest BCUT2D eigenvalue weighted by molar-refractivity contribution is 0.122. The number of likely N-dealkylation sites (N-methyl/N-ethyl adjacent to an activating group) is 1. The third-order valence-corrected chi connectivity index (χ3v) is 6.70. The first kappa shape index (κ1) is 16.7. The lowest BCUT2D eigenvalue weighted by Gasteiger charge is -2.28. The van der Waals surface area contributed by atoms with Crippen LogP contribution >= 0.6 is 0 Å². The second-order valence-corrected chi connectivity index (χ2v) is 8.93. The fourth-order valence-electron chi connectivity index (χ4n) is 3.62. The quantitative estimate of drug-likeness (QED) is 0.829. The maximum atomic E-state index is 12.9. The number of rotatable bonds is 2. The molecule has 6 heteroatoms. The molecule has 2 aliphatic heterocycles. The van der Waals surface area contributed by atoms with Crippen LogP contribution in [0.5, 0.6) is 5.75 Å². The van der Waals surface area contributed by atoms with Crippen LogP contribution in [0, 0.1) is 5.92 Å². The fourth-order valence-corrected chi connectivity index (χ4v) is 5.15. The minimum absolute atomic E-state index is 0.0874. The normalized spacial score (nSPS) is 28.3. The van der Waals surface area contributed by atoms with E-state index in [4.69, 9.17) is 4.74 Å². The summed E-state index contributed by atoms with van der Waals surface area (Å²) in [5, 5.41) is 0. The Bertz CT molecular complexity index is 660. The number of nitrogens with zero attached hydrogens (tertiary/aromatic N) is 2. The summed E-state index contributed by atoms with van der Waals surface area (Å²) < 4.78 is 33.4. The van der Waals surface area contributed by atoms with Gasteiger partial charge < -0.3 is 9.64 Å². The van der Waals surface area contributed by atoms with Crippen LogP contribution < -0.4 is 4.74 Å². The zero-order valence-corrected chi connectivity index (χ0v) is 14.9. The van der Waals surface area contributed by atoms with E-state index in [0.29, 0.717) is 11.7 Å². The Morgan fingerprint density at radius 3 is 2.65 bits per heavy atom. The van der Waals surface area contributed by atoms with E-state index in [-0.39, 0.29) is 17.0 Å². The Balaban J connectivity index is 1.91. The van der Waals surface area contributed by atoms with E-state index in [1.54, 1.807) is 25.2 Å². The summed E-state index contributed by atoms with van der Waals surface area (Å²) in [6.45, 7) is 7.35. The smallest absolute Gasteiger partial charge is 0.246 e. The van der Waals surface area contributed by atoms with E-state index in [2.05, 4.69) is 18.7 Å². The van der Waals surface area contributed by atoms with Gasteiger partial charge in [-0.2, -0.15) is 4.31 Å². The highest BCUT2D eigenvalue weighted by Gasteiger charge is 2.41. The molecule has 0 saturated carbocycles. The Morgan fingerprint density at radius 1 is 1.22 bits per heavy atom. The molecular weight excluding hydrogens is 312 g/mol. The van der Waals surface area contributed by atoms with Gasteiger partial charge in [0.2, 0.25) is 10.0 Å². The van der Waals surface area contributed by atoms with Gasteiger partial charge in [0, 0.05) is 20.1 Å². The van der Waals surface area contributed by atoms with Crippen LogP contribution in [0.25, 0.3) is 0 Å². The van der Waals surface area contributed by atoms with Crippen molar-refractivity contribution in [3.63, 3.8) is 0 Å². The number of fused-ring (bicyclic) bond motifs is 2. The summed E-state index contributed by atoms with van der Waals surface area (Å²) in [7, 11) is -1.80. The molecule has 1 saturated heterocycles. The number of hydrogen-bond acceptors (Lipinski definition) is 4. The minimum atomic E-state index is -3.49. The maximum Gasteiger partial charge on any atom is 0.246 e. The lowest BCUT2D eigenvalue weighted by atomic mass is 10.1. The minimum Gasteiger partial charge on any atom is -0.487 e. The van der Waals surface area contributed by atoms with E-state index in [9.17, 15) is 8.42 Å². The van der Waals surface area contributed by atoms with Crippen LogP contribution in [0.1, 0.15) is 26.7 Å². The number of sulfonamides is 1. The van der Waals surface area contributed by atoms with Crippen molar-refractivity contribution >= 4 is 10.0 Å². The van der Waals surface area contributed by atoms with Gasteiger partial charge in [-0.1, -0.05) is 26.0 Å². The molecule has 0 unspecified atom stereocenters. The molecule has 2 aliphatic rings. The summed E-state index contributed by atoms with van der Waals surface area (Å²) in [4.78, 5) is 2.71. The van der Waals surface area contributed by atoms with Crippen molar-refractivity contribution in [2.75, 3.05) is 26.7 Å². The average Bonchev–Trinajstić information content (AvgIpc) is 2.72. The zero-order valence-electron chi connectivity index (χ0n) is 14.1. The number of ether oxygens (including phenoxy) is 1. The zero-order chi connectivity index (χ0) is 16.6. The first-order valence-electron chi connectivity index (χ1n) is 8.35. The van der Waals surface area contributed by atoms with E-state index in [1.165, 1.54) is 4.31 Å². The summed E-state index contributed by atoms with van der Waals surface area (Å²) in [5.74, 6) is 1.10.